The molecule has 3 aromatic rings. The van der Waals surface area contributed by atoms with Crippen molar-refractivity contribution in [3.63, 3.8) is 0 Å². The van der Waals surface area contributed by atoms with Gasteiger partial charge in [0.15, 0.2) is 0 Å². The first kappa shape index (κ1) is 19.3. The Hall–Kier alpha value is -2.00. The fourth-order valence-electron chi connectivity index (χ4n) is 3.21. The summed E-state index contributed by atoms with van der Waals surface area (Å²) in [4.78, 5) is 26.4. The van der Waals surface area contributed by atoms with Gasteiger partial charge in [0, 0.05) is 23.7 Å². The summed E-state index contributed by atoms with van der Waals surface area (Å²) in [6.45, 7) is 2.41. The van der Waals surface area contributed by atoms with E-state index in [4.69, 9.17) is 4.74 Å². The first-order valence-corrected chi connectivity index (χ1v) is 10.9. The van der Waals surface area contributed by atoms with E-state index in [2.05, 4.69) is 15.0 Å². The van der Waals surface area contributed by atoms with Gasteiger partial charge in [-0.2, -0.15) is 0 Å². The predicted molar refractivity (Wildman–Crippen MR) is 108 cm³/mol. The van der Waals surface area contributed by atoms with Crippen LogP contribution in [-0.2, 0) is 29.2 Å². The second-order valence-corrected chi connectivity index (χ2v) is 8.93. The Morgan fingerprint density at radius 1 is 1.25 bits per heavy atom. The Balaban J connectivity index is 1.27. The first-order valence-electron chi connectivity index (χ1n) is 9.17. The van der Waals surface area contributed by atoms with Gasteiger partial charge in [-0.25, -0.2) is 9.97 Å². The lowest BCUT2D eigenvalue weighted by Gasteiger charge is -2.34. The molecule has 0 unspecified atom stereocenters. The van der Waals surface area contributed by atoms with Gasteiger partial charge in [-0.15, -0.1) is 22.7 Å². The summed E-state index contributed by atoms with van der Waals surface area (Å²) >= 11 is 2.95. The fraction of sp³-hybridized carbons (Fsp3) is 0.400. The Bertz CT molecular complexity index is 949. The second-order valence-electron chi connectivity index (χ2n) is 6.91. The van der Waals surface area contributed by atoms with E-state index in [9.17, 15) is 9.90 Å². The van der Waals surface area contributed by atoms with Crippen molar-refractivity contribution in [2.24, 2.45) is 5.92 Å². The molecule has 6 nitrogen and oxygen atoms in total. The lowest BCUT2D eigenvalue weighted by molar-refractivity contribution is -0.131. The highest BCUT2D eigenvalue weighted by molar-refractivity contribution is 7.16. The molecule has 0 aromatic carbocycles. The number of aryl methyl sites for hydroxylation is 1. The monoisotopic (exact) mass is 415 g/mol. The Kier molecular flexibility index (Phi) is 5.91. The summed E-state index contributed by atoms with van der Waals surface area (Å²) < 4.78 is 5.86. The van der Waals surface area contributed by atoms with Crippen LogP contribution in [0.25, 0.3) is 10.6 Å². The zero-order chi connectivity index (χ0) is 19.5. The van der Waals surface area contributed by atoms with E-state index in [0.29, 0.717) is 18.0 Å². The predicted octanol–water partition coefficient (Wildman–Crippen LogP) is 3.57. The van der Waals surface area contributed by atoms with Gasteiger partial charge in [0.2, 0.25) is 0 Å². The number of aliphatic hydroxyl groups excluding tert-OH is 1. The van der Waals surface area contributed by atoms with Gasteiger partial charge >= 0.3 is 0 Å². The minimum Gasteiger partial charge on any atom is -0.389 e. The van der Waals surface area contributed by atoms with Gasteiger partial charge in [-0.3, -0.25) is 9.78 Å². The SMILES string of the molecule is Cc1nc(CO)sc1-c1csc(CC(=O)C2CC(OCc3ccncc3)C2)n1. The lowest BCUT2D eigenvalue weighted by atomic mass is 9.78. The molecule has 1 N–H and O–H groups in total. The number of nitrogens with zero attached hydrogens (tertiary/aromatic N) is 3. The Labute approximate surface area is 171 Å². The number of aromatic nitrogens is 3. The number of hydrogen-bond donors (Lipinski definition) is 1. The van der Waals surface area contributed by atoms with Crippen molar-refractivity contribution < 1.29 is 14.6 Å². The number of ketones is 1. The summed E-state index contributed by atoms with van der Waals surface area (Å²) in [5.74, 6) is 0.308. The molecule has 0 radical (unpaired) electrons. The van der Waals surface area contributed by atoms with Crippen molar-refractivity contribution in [2.75, 3.05) is 0 Å². The van der Waals surface area contributed by atoms with Gasteiger partial charge in [0.05, 0.1) is 42.0 Å². The van der Waals surface area contributed by atoms with E-state index in [1.807, 2.05) is 24.4 Å². The number of rotatable bonds is 8. The normalized spacial score (nSPS) is 18.8. The highest BCUT2D eigenvalue weighted by atomic mass is 32.1. The third-order valence-electron chi connectivity index (χ3n) is 4.87. The first-order chi connectivity index (χ1) is 13.6. The van der Waals surface area contributed by atoms with Crippen LogP contribution in [0.2, 0.25) is 0 Å². The van der Waals surface area contributed by atoms with Crippen LogP contribution in [0, 0.1) is 12.8 Å². The van der Waals surface area contributed by atoms with Gasteiger partial charge in [-0.1, -0.05) is 0 Å². The van der Waals surface area contributed by atoms with E-state index < -0.39 is 0 Å². The molecule has 1 fully saturated rings. The highest BCUT2D eigenvalue weighted by Gasteiger charge is 2.35. The van der Waals surface area contributed by atoms with Crippen LogP contribution in [0.15, 0.2) is 29.9 Å². The minimum absolute atomic E-state index is 0.0624. The molecule has 0 saturated heterocycles. The molecule has 1 saturated carbocycles. The maximum Gasteiger partial charge on any atom is 0.142 e. The van der Waals surface area contributed by atoms with Crippen molar-refractivity contribution in [1.29, 1.82) is 0 Å². The summed E-state index contributed by atoms with van der Waals surface area (Å²) in [7, 11) is 0. The summed E-state index contributed by atoms with van der Waals surface area (Å²) in [5, 5.41) is 12.7. The highest BCUT2D eigenvalue weighted by Crippen LogP contribution is 2.34. The maximum absolute atomic E-state index is 12.5. The zero-order valence-electron chi connectivity index (χ0n) is 15.5. The third-order valence-corrected chi connectivity index (χ3v) is 6.88. The van der Waals surface area contributed by atoms with Gasteiger partial charge in [0.25, 0.3) is 0 Å². The minimum atomic E-state index is -0.0624. The molecule has 0 spiro atoms. The van der Waals surface area contributed by atoms with Gasteiger partial charge in [-0.05, 0) is 37.5 Å². The number of ether oxygens (including phenoxy) is 1. The number of Topliss-reactive ketones (excluding diaryl/α,β-unsaturated/α-hetero) is 1. The average molecular weight is 416 g/mol. The van der Waals surface area contributed by atoms with Crippen LogP contribution in [0.3, 0.4) is 0 Å². The average Bonchev–Trinajstić information content (AvgIpc) is 3.27. The topological polar surface area (TPSA) is 85.2 Å². The second kappa shape index (κ2) is 8.57. The van der Waals surface area contributed by atoms with E-state index in [1.54, 1.807) is 12.4 Å². The fourth-order valence-corrected chi connectivity index (χ4v) is 4.96. The van der Waals surface area contributed by atoms with E-state index in [-0.39, 0.29) is 24.4 Å². The molecule has 1 aliphatic rings. The number of carbonyl (C=O) groups is 1. The van der Waals surface area contributed by atoms with Crippen LogP contribution in [0.5, 0.6) is 0 Å². The standard InChI is InChI=1S/C20H21N3O3S2/c1-12-20(28-19(9-24)22-12)16-11-27-18(23-16)8-17(25)14-6-15(7-14)26-10-13-2-4-21-5-3-13/h2-5,11,14-15,24H,6-10H2,1H3. The maximum atomic E-state index is 12.5. The third kappa shape index (κ3) is 4.35. The smallest absolute Gasteiger partial charge is 0.142 e. The quantitative estimate of drug-likeness (QED) is 0.605. The zero-order valence-corrected chi connectivity index (χ0v) is 17.1. The molecule has 0 atom stereocenters. The molecule has 4 rings (SSSR count). The van der Waals surface area contributed by atoms with Crippen molar-refractivity contribution in [1.82, 2.24) is 15.0 Å². The molecule has 1 aliphatic carbocycles. The van der Waals surface area contributed by atoms with Crippen LogP contribution in [-0.4, -0.2) is 31.9 Å². The number of thiazole rings is 2. The largest absolute Gasteiger partial charge is 0.389 e. The van der Waals surface area contributed by atoms with Gasteiger partial charge < -0.3 is 9.84 Å². The molecular formula is C20H21N3O3S2. The Morgan fingerprint density at radius 3 is 2.75 bits per heavy atom. The van der Waals surface area contributed by atoms with E-state index >= 15 is 0 Å². The number of carbonyl (C=O) groups excluding carboxylic acids is 1. The lowest BCUT2D eigenvalue weighted by Crippen LogP contribution is -2.37. The molecule has 146 valence electrons. The molecule has 3 heterocycles. The summed E-state index contributed by atoms with van der Waals surface area (Å²) in [6, 6.07) is 3.88. The van der Waals surface area contributed by atoms with Crippen molar-refractivity contribution in [2.45, 2.75) is 45.5 Å². The van der Waals surface area contributed by atoms with Crippen molar-refractivity contribution >= 4 is 28.5 Å². The molecule has 0 amide bonds. The number of aliphatic hydroxyl groups is 1. The number of hydrogen-bond acceptors (Lipinski definition) is 8. The molecule has 0 aliphatic heterocycles. The molecule has 8 heteroatoms. The van der Waals surface area contributed by atoms with E-state index in [1.165, 1.54) is 22.7 Å². The molecular weight excluding hydrogens is 394 g/mol. The van der Waals surface area contributed by atoms with Crippen LogP contribution >= 0.6 is 22.7 Å². The van der Waals surface area contributed by atoms with Crippen LogP contribution < -0.4 is 0 Å². The summed E-state index contributed by atoms with van der Waals surface area (Å²) in [5.41, 5.74) is 2.81. The van der Waals surface area contributed by atoms with Crippen LogP contribution in [0.1, 0.15) is 34.1 Å². The van der Waals surface area contributed by atoms with Crippen molar-refractivity contribution in [3.8, 4) is 10.6 Å². The van der Waals surface area contributed by atoms with Crippen LogP contribution in [0.4, 0.5) is 0 Å². The molecule has 0 bridgehead atoms. The van der Waals surface area contributed by atoms with Crippen molar-refractivity contribution in [3.05, 3.63) is 51.2 Å². The Morgan fingerprint density at radius 2 is 2.04 bits per heavy atom. The molecule has 3 aromatic heterocycles. The van der Waals surface area contributed by atoms with E-state index in [0.717, 1.165) is 39.7 Å². The summed E-state index contributed by atoms with van der Waals surface area (Å²) in [6.07, 6.45) is 5.62. The molecule has 28 heavy (non-hydrogen) atoms. The van der Waals surface area contributed by atoms with Gasteiger partial charge in [0.1, 0.15) is 15.8 Å². The number of pyridine rings is 1.